The topological polar surface area (TPSA) is 112 Å². The number of rotatable bonds is 6. The molecule has 0 atom stereocenters. The monoisotopic (exact) mass is 486 g/mol. The summed E-state index contributed by atoms with van der Waals surface area (Å²) >= 11 is 0. The predicted octanol–water partition coefficient (Wildman–Crippen LogP) is 3.04. The first-order valence-corrected chi connectivity index (χ1v) is 12.1. The molecule has 4 fully saturated rings. The zero-order valence-corrected chi connectivity index (χ0v) is 18.9. The minimum absolute atomic E-state index is 0.109. The van der Waals surface area contributed by atoms with Crippen LogP contribution in [-0.2, 0) is 21.1 Å². The van der Waals surface area contributed by atoms with Gasteiger partial charge in [0.1, 0.15) is 0 Å². The second kappa shape index (κ2) is 8.14. The van der Waals surface area contributed by atoms with Gasteiger partial charge < -0.3 is 10.1 Å². The van der Waals surface area contributed by atoms with E-state index in [-0.39, 0.29) is 30.3 Å². The van der Waals surface area contributed by atoms with Gasteiger partial charge in [-0.05, 0) is 56.7 Å². The molecule has 1 amide bonds. The quantitative estimate of drug-likeness (QED) is 0.642. The first-order chi connectivity index (χ1) is 15.4. The molecule has 3 saturated carbocycles. The maximum Gasteiger partial charge on any atom is 0.416 e. The molecule has 180 valence electrons. The number of nitrogens with zero attached hydrogens (tertiary/aromatic N) is 2. The smallest absolute Gasteiger partial charge is 0.379 e. The number of carbonyl (C=O) groups excluding carboxylic acids is 1. The van der Waals surface area contributed by atoms with Gasteiger partial charge in [0, 0.05) is 25.7 Å². The molecule has 33 heavy (non-hydrogen) atoms. The number of hydrogen-bond donors (Lipinski definition) is 2. The molecule has 3 aliphatic carbocycles. The van der Waals surface area contributed by atoms with E-state index in [4.69, 9.17) is 4.74 Å². The molecule has 1 aromatic rings. The molecule has 5 rings (SSSR count). The Morgan fingerprint density at radius 2 is 1.79 bits per heavy atom. The van der Waals surface area contributed by atoms with E-state index in [2.05, 4.69) is 16.1 Å². The number of methoxy groups -OCH3 is 1. The lowest BCUT2D eigenvalue weighted by molar-refractivity contribution is -0.137. The maximum absolute atomic E-state index is 13.3. The minimum Gasteiger partial charge on any atom is -0.379 e. The Morgan fingerprint density at radius 3 is 2.30 bits per heavy atom. The van der Waals surface area contributed by atoms with Gasteiger partial charge in [-0.15, -0.1) is 0 Å². The van der Waals surface area contributed by atoms with E-state index in [1.807, 2.05) is 0 Å². The molecule has 1 saturated heterocycles. The number of halogens is 3. The third kappa shape index (κ3) is 4.54. The number of nitrogens with one attached hydrogen (secondary N) is 2. The van der Waals surface area contributed by atoms with Crippen molar-refractivity contribution < 1.29 is 31.1 Å². The molecule has 0 radical (unpaired) electrons. The van der Waals surface area contributed by atoms with Crippen LogP contribution >= 0.6 is 0 Å². The van der Waals surface area contributed by atoms with Crippen molar-refractivity contribution in [2.45, 2.75) is 56.3 Å². The van der Waals surface area contributed by atoms with E-state index in [1.165, 1.54) is 7.11 Å². The van der Waals surface area contributed by atoms with Crippen LogP contribution in [0.2, 0.25) is 0 Å². The van der Waals surface area contributed by atoms with Crippen LogP contribution in [0.15, 0.2) is 18.2 Å². The van der Waals surface area contributed by atoms with Gasteiger partial charge in [0.15, 0.2) is 0 Å². The van der Waals surface area contributed by atoms with Crippen molar-refractivity contribution in [1.29, 1.82) is 5.26 Å². The molecule has 1 aliphatic heterocycles. The molecule has 0 spiro atoms. The number of carbonyl (C=O) groups is 1. The summed E-state index contributed by atoms with van der Waals surface area (Å²) in [5.74, 6) is -0.775. The van der Waals surface area contributed by atoms with Crippen LogP contribution in [0.3, 0.4) is 0 Å². The molecule has 1 aromatic carbocycles. The summed E-state index contributed by atoms with van der Waals surface area (Å²) in [5.41, 5.74) is -2.67. The van der Waals surface area contributed by atoms with Crippen LogP contribution in [0, 0.1) is 16.7 Å². The Morgan fingerprint density at radius 1 is 1.18 bits per heavy atom. The molecule has 8 nitrogen and oxygen atoms in total. The largest absolute Gasteiger partial charge is 0.416 e. The fourth-order valence-corrected chi connectivity index (χ4v) is 6.11. The minimum atomic E-state index is -4.70. The van der Waals surface area contributed by atoms with Crippen LogP contribution in [0.4, 0.5) is 18.9 Å². The number of benzene rings is 1. The van der Waals surface area contributed by atoms with E-state index < -0.39 is 39.0 Å². The van der Waals surface area contributed by atoms with Crippen molar-refractivity contribution in [2.75, 3.05) is 24.9 Å². The highest BCUT2D eigenvalue weighted by Gasteiger charge is 2.50. The molecule has 0 unspecified atom stereocenters. The van der Waals surface area contributed by atoms with Crippen LogP contribution < -0.4 is 10.0 Å². The number of fused-ring (bicyclic) bond motifs is 3. The Bertz CT molecular complexity index is 1070. The Kier molecular flexibility index (Phi) is 5.87. The number of hydrogen-bond acceptors (Lipinski definition) is 5. The van der Waals surface area contributed by atoms with Crippen molar-refractivity contribution in [1.82, 2.24) is 9.62 Å². The first-order valence-electron chi connectivity index (χ1n) is 10.7. The number of alkyl halides is 3. The van der Waals surface area contributed by atoms with Gasteiger partial charge in [-0.3, -0.25) is 9.52 Å². The molecule has 2 bridgehead atoms. The van der Waals surface area contributed by atoms with Gasteiger partial charge in [-0.25, -0.2) is 0 Å². The molecule has 1 heterocycles. The maximum atomic E-state index is 13.3. The Balaban J connectivity index is 1.59. The summed E-state index contributed by atoms with van der Waals surface area (Å²) in [7, 11) is -2.62. The van der Waals surface area contributed by atoms with Gasteiger partial charge in [-0.2, -0.15) is 31.2 Å². The van der Waals surface area contributed by atoms with Crippen LogP contribution in [0.25, 0.3) is 0 Å². The second-order valence-electron chi connectivity index (χ2n) is 9.17. The third-order valence-corrected chi connectivity index (χ3v) is 8.64. The molecular formula is C21H25F3N4O4S. The van der Waals surface area contributed by atoms with E-state index in [0.717, 1.165) is 16.4 Å². The van der Waals surface area contributed by atoms with Crippen molar-refractivity contribution in [3.05, 3.63) is 29.3 Å². The summed E-state index contributed by atoms with van der Waals surface area (Å²) in [4.78, 5) is 13.2. The van der Waals surface area contributed by atoms with Gasteiger partial charge in [0.25, 0.3) is 5.91 Å². The normalized spacial score (nSPS) is 28.1. The number of amides is 1. The summed E-state index contributed by atoms with van der Waals surface area (Å²) in [5, 5.41) is 12.3. The van der Waals surface area contributed by atoms with E-state index in [9.17, 15) is 31.6 Å². The first kappa shape index (κ1) is 23.8. The average molecular weight is 487 g/mol. The summed E-state index contributed by atoms with van der Waals surface area (Å²) in [6.45, 7) is 0.218. The standard InChI is InChI=1S/C21H25F3N4O4S/c1-32-15-11-28(12-15)33(30,31)27-17-3-2-14(21(22,23)24)10-16(17)18(29)26-20-7-4-19(13-25,5-8-20)6-9-20/h2-3,10,15,27H,4-9,11-12H2,1H3,(H,26,29). The van der Waals surface area contributed by atoms with Crippen molar-refractivity contribution >= 4 is 21.8 Å². The van der Waals surface area contributed by atoms with E-state index in [1.54, 1.807) is 0 Å². The summed E-state index contributed by atoms with van der Waals surface area (Å²) in [6.07, 6.45) is -1.45. The lowest BCUT2D eigenvalue weighted by Crippen LogP contribution is -2.56. The highest BCUT2D eigenvalue weighted by Crippen LogP contribution is 2.52. The SMILES string of the molecule is COC1CN(S(=O)(=O)Nc2ccc(C(F)(F)F)cc2C(=O)NC23CCC(C#N)(CC2)CC3)C1. The highest BCUT2D eigenvalue weighted by atomic mass is 32.2. The number of nitriles is 1. The van der Waals surface area contributed by atoms with Gasteiger partial charge in [-0.1, -0.05) is 0 Å². The highest BCUT2D eigenvalue weighted by molar-refractivity contribution is 7.90. The van der Waals surface area contributed by atoms with Crippen LogP contribution in [0.1, 0.15) is 54.4 Å². The third-order valence-electron chi connectivity index (χ3n) is 7.18. The van der Waals surface area contributed by atoms with E-state index in [0.29, 0.717) is 44.6 Å². The molecule has 2 N–H and O–H groups in total. The van der Waals surface area contributed by atoms with Crippen LogP contribution in [-0.4, -0.2) is 50.5 Å². The van der Waals surface area contributed by atoms with Crippen molar-refractivity contribution in [3.8, 4) is 6.07 Å². The van der Waals surface area contributed by atoms with Gasteiger partial charge in [0.05, 0.1) is 34.4 Å². The van der Waals surface area contributed by atoms with E-state index >= 15 is 0 Å². The molecule has 4 aliphatic rings. The average Bonchev–Trinajstić information content (AvgIpc) is 2.73. The second-order valence-corrected chi connectivity index (χ2v) is 10.8. The van der Waals surface area contributed by atoms with Crippen LogP contribution in [0.5, 0.6) is 0 Å². The lowest BCUT2D eigenvalue weighted by atomic mass is 9.58. The Labute approximate surface area is 190 Å². The predicted molar refractivity (Wildman–Crippen MR) is 112 cm³/mol. The lowest BCUT2D eigenvalue weighted by Gasteiger charge is -2.50. The zero-order valence-electron chi connectivity index (χ0n) is 18.0. The number of ether oxygens (including phenoxy) is 1. The molecule has 12 heteroatoms. The Hall–Kier alpha value is -2.36. The van der Waals surface area contributed by atoms with Crippen molar-refractivity contribution in [3.63, 3.8) is 0 Å². The summed E-state index contributed by atoms with van der Waals surface area (Å²) in [6, 6.07) is 4.74. The van der Waals surface area contributed by atoms with Gasteiger partial charge in [0.2, 0.25) is 0 Å². The van der Waals surface area contributed by atoms with Crippen molar-refractivity contribution in [2.24, 2.45) is 5.41 Å². The zero-order chi connectivity index (χ0) is 24.1. The van der Waals surface area contributed by atoms with Gasteiger partial charge >= 0.3 is 16.4 Å². The fourth-order valence-electron chi connectivity index (χ4n) is 4.80. The molecular weight excluding hydrogens is 461 g/mol. The molecule has 0 aromatic heterocycles. The fraction of sp³-hybridized carbons (Fsp3) is 0.619. The summed E-state index contributed by atoms with van der Waals surface area (Å²) < 4.78 is 73.7. The number of anilines is 1.